The van der Waals surface area contributed by atoms with Crippen LogP contribution in [0.5, 0.6) is 11.5 Å². The Morgan fingerprint density at radius 1 is 0.750 bits per heavy atom. The van der Waals surface area contributed by atoms with Gasteiger partial charge in [0.2, 0.25) is 0 Å². The summed E-state index contributed by atoms with van der Waals surface area (Å²) in [5.74, 6) is 2.09. The average molecular weight is 423 g/mol. The highest BCUT2D eigenvalue weighted by Gasteiger charge is 2.15. The molecule has 0 bridgehead atoms. The molecule has 2 heterocycles. The van der Waals surface area contributed by atoms with Gasteiger partial charge < -0.3 is 20.0 Å². The molecule has 0 radical (unpaired) electrons. The molecule has 0 aromatic carbocycles. The zero-order valence-electron chi connectivity index (χ0n) is 17.5. The van der Waals surface area contributed by atoms with Crippen molar-refractivity contribution in [3.05, 3.63) is 46.0 Å². The molecule has 2 N–H and O–H groups in total. The molecular weight excluding hydrogens is 392 g/mol. The van der Waals surface area contributed by atoms with E-state index in [-0.39, 0.29) is 11.5 Å². The Morgan fingerprint density at radius 2 is 1.11 bits per heavy atom. The van der Waals surface area contributed by atoms with Gasteiger partial charge in [-0.3, -0.25) is 9.97 Å². The Morgan fingerprint density at radius 3 is 1.43 bits per heavy atom. The summed E-state index contributed by atoms with van der Waals surface area (Å²) in [4.78, 5) is 12.7. The third kappa shape index (κ3) is 6.01. The SMILES string of the molecule is Cc1ncc(CSSCc2cnc(C)c(O)c2CN(C)C)c(CN(C)C)c1O. The average Bonchev–Trinajstić information content (AvgIpc) is 2.62. The van der Waals surface area contributed by atoms with Gasteiger partial charge in [0.1, 0.15) is 11.5 Å². The number of aromatic hydroxyl groups is 2. The van der Waals surface area contributed by atoms with Crippen molar-refractivity contribution in [3.8, 4) is 11.5 Å². The van der Waals surface area contributed by atoms with E-state index in [0.717, 1.165) is 33.8 Å². The first-order valence-electron chi connectivity index (χ1n) is 9.07. The molecule has 0 saturated heterocycles. The fourth-order valence-corrected chi connectivity index (χ4v) is 4.99. The van der Waals surface area contributed by atoms with Gasteiger partial charge in [0.05, 0.1) is 11.4 Å². The summed E-state index contributed by atoms with van der Waals surface area (Å²) in [7, 11) is 11.4. The van der Waals surface area contributed by atoms with Crippen LogP contribution in [0.4, 0.5) is 0 Å². The highest BCUT2D eigenvalue weighted by Crippen LogP contribution is 2.35. The fraction of sp³-hybridized carbons (Fsp3) is 0.500. The van der Waals surface area contributed by atoms with Crippen LogP contribution in [0.15, 0.2) is 12.4 Å². The summed E-state index contributed by atoms with van der Waals surface area (Å²) in [5, 5.41) is 20.8. The van der Waals surface area contributed by atoms with Crippen LogP contribution in [-0.2, 0) is 24.6 Å². The van der Waals surface area contributed by atoms with Crippen molar-refractivity contribution in [2.24, 2.45) is 0 Å². The van der Waals surface area contributed by atoms with E-state index in [0.29, 0.717) is 24.5 Å². The first-order valence-corrected chi connectivity index (χ1v) is 11.6. The molecule has 0 fully saturated rings. The molecule has 2 rings (SSSR count). The van der Waals surface area contributed by atoms with E-state index in [1.54, 1.807) is 21.6 Å². The number of aromatic nitrogens is 2. The van der Waals surface area contributed by atoms with Crippen molar-refractivity contribution in [1.29, 1.82) is 0 Å². The molecule has 0 aliphatic heterocycles. The number of pyridine rings is 2. The Balaban J connectivity index is 2.06. The lowest BCUT2D eigenvalue weighted by atomic mass is 10.1. The summed E-state index contributed by atoms with van der Waals surface area (Å²) >= 11 is 0. The van der Waals surface area contributed by atoms with Crippen molar-refractivity contribution >= 4 is 21.6 Å². The van der Waals surface area contributed by atoms with Gasteiger partial charge in [0.25, 0.3) is 0 Å². The maximum absolute atomic E-state index is 10.4. The van der Waals surface area contributed by atoms with Gasteiger partial charge in [-0.2, -0.15) is 0 Å². The molecule has 0 unspecified atom stereocenters. The maximum atomic E-state index is 10.4. The van der Waals surface area contributed by atoms with Gasteiger partial charge in [-0.25, -0.2) is 0 Å². The van der Waals surface area contributed by atoms with Crippen molar-refractivity contribution < 1.29 is 10.2 Å². The predicted octanol–water partition coefficient (Wildman–Crippen LogP) is 3.71. The Kier molecular flexibility index (Phi) is 8.42. The molecule has 2 aromatic heterocycles. The first-order chi connectivity index (χ1) is 13.2. The van der Waals surface area contributed by atoms with E-state index in [2.05, 4.69) is 9.97 Å². The van der Waals surface area contributed by atoms with E-state index in [9.17, 15) is 10.2 Å². The monoisotopic (exact) mass is 422 g/mol. The third-order valence-corrected chi connectivity index (χ3v) is 6.55. The molecule has 6 nitrogen and oxygen atoms in total. The number of hydrogen-bond acceptors (Lipinski definition) is 8. The minimum absolute atomic E-state index is 0.290. The van der Waals surface area contributed by atoms with Gasteiger partial charge in [0, 0.05) is 48.1 Å². The lowest BCUT2D eigenvalue weighted by Crippen LogP contribution is -2.13. The second-order valence-corrected chi connectivity index (χ2v) is 9.85. The molecule has 0 atom stereocenters. The summed E-state index contributed by atoms with van der Waals surface area (Å²) in [6, 6.07) is 0. The molecule has 0 aliphatic rings. The molecule has 0 amide bonds. The Hall–Kier alpha value is -1.48. The zero-order chi connectivity index (χ0) is 20.8. The van der Waals surface area contributed by atoms with Gasteiger partial charge in [-0.1, -0.05) is 21.6 Å². The third-order valence-electron chi connectivity index (χ3n) is 4.32. The van der Waals surface area contributed by atoms with Crippen LogP contribution in [-0.4, -0.2) is 58.2 Å². The van der Waals surface area contributed by atoms with Crippen LogP contribution in [0.1, 0.15) is 33.6 Å². The summed E-state index contributed by atoms with van der Waals surface area (Å²) in [5.41, 5.74) is 5.29. The lowest BCUT2D eigenvalue weighted by Gasteiger charge is -2.17. The van der Waals surface area contributed by atoms with E-state index in [4.69, 9.17) is 0 Å². The Labute approximate surface area is 175 Å². The number of aryl methyl sites for hydroxylation is 2. The molecule has 28 heavy (non-hydrogen) atoms. The quantitative estimate of drug-likeness (QED) is 0.468. The van der Waals surface area contributed by atoms with Crippen molar-refractivity contribution in [2.75, 3.05) is 28.2 Å². The van der Waals surface area contributed by atoms with Crippen LogP contribution in [0.25, 0.3) is 0 Å². The molecule has 0 saturated carbocycles. The van der Waals surface area contributed by atoms with Crippen LogP contribution < -0.4 is 0 Å². The van der Waals surface area contributed by atoms with Crippen LogP contribution in [0, 0.1) is 13.8 Å². The highest BCUT2D eigenvalue weighted by molar-refractivity contribution is 8.76. The molecule has 0 spiro atoms. The summed E-state index contributed by atoms with van der Waals surface area (Å²) < 4.78 is 0. The predicted molar refractivity (Wildman–Crippen MR) is 119 cm³/mol. The molecule has 2 aromatic rings. The van der Waals surface area contributed by atoms with Crippen LogP contribution >= 0.6 is 21.6 Å². The van der Waals surface area contributed by atoms with Gasteiger partial charge >= 0.3 is 0 Å². The van der Waals surface area contributed by atoms with E-state index >= 15 is 0 Å². The van der Waals surface area contributed by atoms with Gasteiger partial charge in [-0.05, 0) is 53.2 Å². The largest absolute Gasteiger partial charge is 0.506 e. The standard InChI is InChI=1S/C20H30N4O2S2/c1-13-19(25)17(9-23(3)4)15(7-21-13)11-27-28-12-16-8-22-14(2)20(26)18(16)10-24(5)6/h7-8,25-26H,9-12H2,1-6H3. The van der Waals surface area contributed by atoms with Gasteiger partial charge in [-0.15, -0.1) is 0 Å². The fourth-order valence-electron chi connectivity index (χ4n) is 2.81. The second kappa shape index (κ2) is 10.3. The zero-order valence-corrected chi connectivity index (χ0v) is 19.1. The van der Waals surface area contributed by atoms with Crippen molar-refractivity contribution in [1.82, 2.24) is 19.8 Å². The van der Waals surface area contributed by atoms with Crippen LogP contribution in [0.3, 0.4) is 0 Å². The summed E-state index contributed by atoms with van der Waals surface area (Å²) in [6.07, 6.45) is 3.72. The molecular formula is C20H30N4O2S2. The smallest absolute Gasteiger partial charge is 0.141 e. The van der Waals surface area contributed by atoms with Gasteiger partial charge in [0.15, 0.2) is 0 Å². The lowest BCUT2D eigenvalue weighted by molar-refractivity contribution is 0.382. The topological polar surface area (TPSA) is 72.7 Å². The molecule has 8 heteroatoms. The van der Waals surface area contributed by atoms with E-state index in [1.807, 2.05) is 64.2 Å². The highest BCUT2D eigenvalue weighted by atomic mass is 33.1. The van der Waals surface area contributed by atoms with Crippen LogP contribution in [0.2, 0.25) is 0 Å². The second-order valence-electron chi connectivity index (χ2n) is 7.39. The first kappa shape index (κ1) is 22.8. The van der Waals surface area contributed by atoms with Crippen molar-refractivity contribution in [2.45, 2.75) is 38.4 Å². The minimum Gasteiger partial charge on any atom is -0.506 e. The number of nitrogens with zero attached hydrogens (tertiary/aromatic N) is 4. The molecule has 154 valence electrons. The van der Waals surface area contributed by atoms with E-state index in [1.165, 1.54) is 0 Å². The Bertz CT molecular complexity index is 746. The number of rotatable bonds is 9. The van der Waals surface area contributed by atoms with E-state index < -0.39 is 0 Å². The normalized spacial score (nSPS) is 11.6. The number of hydrogen-bond donors (Lipinski definition) is 2. The van der Waals surface area contributed by atoms with Crippen molar-refractivity contribution in [3.63, 3.8) is 0 Å². The minimum atomic E-state index is 0.290. The summed E-state index contributed by atoms with van der Waals surface area (Å²) in [6.45, 7) is 5.00. The molecule has 0 aliphatic carbocycles. The maximum Gasteiger partial charge on any atom is 0.141 e.